The highest BCUT2D eigenvalue weighted by Gasteiger charge is 2.19. The lowest BCUT2D eigenvalue weighted by molar-refractivity contribution is -0.123. The Bertz CT molecular complexity index is 935. The first-order valence-electron chi connectivity index (χ1n) is 8.89. The van der Waals surface area contributed by atoms with Crippen molar-refractivity contribution in [2.45, 2.75) is 32.8 Å². The molecular weight excluding hydrogens is 358 g/mol. The number of nitrogens with one attached hydrogen (secondary N) is 1. The van der Waals surface area contributed by atoms with Crippen molar-refractivity contribution in [2.24, 2.45) is 0 Å². The number of rotatable bonds is 6. The van der Waals surface area contributed by atoms with Gasteiger partial charge in [0.15, 0.2) is 6.10 Å². The molecule has 2 aromatic carbocycles. The van der Waals surface area contributed by atoms with E-state index >= 15 is 0 Å². The van der Waals surface area contributed by atoms with Gasteiger partial charge in [0, 0.05) is 5.69 Å². The lowest BCUT2D eigenvalue weighted by Crippen LogP contribution is -2.30. The van der Waals surface area contributed by atoms with Gasteiger partial charge >= 0.3 is 5.97 Å². The molecule has 1 aromatic heterocycles. The van der Waals surface area contributed by atoms with E-state index in [4.69, 9.17) is 4.74 Å². The van der Waals surface area contributed by atoms with Gasteiger partial charge in [-0.25, -0.2) is 9.48 Å². The Morgan fingerprint density at radius 3 is 2.25 bits per heavy atom. The normalized spacial score (nSPS) is 11.9. The third-order valence-corrected chi connectivity index (χ3v) is 4.21. The summed E-state index contributed by atoms with van der Waals surface area (Å²) in [5, 5.41) is 13.6. The number of amides is 1. The zero-order chi connectivity index (χ0) is 20.1. The average molecular weight is 379 g/mol. The molecule has 8 heteroatoms. The van der Waals surface area contributed by atoms with Crippen molar-refractivity contribution in [3.63, 3.8) is 0 Å². The number of carbonyl (C=O) groups is 2. The van der Waals surface area contributed by atoms with Gasteiger partial charge in [-0.2, -0.15) is 0 Å². The van der Waals surface area contributed by atoms with Crippen LogP contribution in [0.15, 0.2) is 54.9 Å². The fourth-order valence-electron chi connectivity index (χ4n) is 2.51. The Labute approximate surface area is 162 Å². The summed E-state index contributed by atoms with van der Waals surface area (Å²) in [6.07, 6.45) is 0.518. The number of anilines is 1. The van der Waals surface area contributed by atoms with Gasteiger partial charge < -0.3 is 10.1 Å². The van der Waals surface area contributed by atoms with Crippen molar-refractivity contribution in [2.75, 3.05) is 5.32 Å². The summed E-state index contributed by atoms with van der Waals surface area (Å²) in [4.78, 5) is 24.6. The Morgan fingerprint density at radius 1 is 1.00 bits per heavy atom. The fraction of sp³-hybridized carbons (Fsp3) is 0.250. The summed E-state index contributed by atoms with van der Waals surface area (Å²) in [5.74, 6) is -0.561. The van der Waals surface area contributed by atoms with E-state index in [0.29, 0.717) is 22.9 Å². The average Bonchev–Trinajstić information content (AvgIpc) is 3.23. The standard InChI is InChI=1S/C20H21N5O3/c1-13(2)15-4-8-17(9-5-15)22-19(26)14(3)28-20(27)16-6-10-18(11-7-16)25-12-21-23-24-25/h4-14H,1-3H3,(H,22,26)/t14-/m0/s1. The highest BCUT2D eigenvalue weighted by Crippen LogP contribution is 2.17. The zero-order valence-electron chi connectivity index (χ0n) is 15.9. The molecule has 3 rings (SSSR count). The third kappa shape index (κ3) is 4.59. The minimum Gasteiger partial charge on any atom is -0.449 e. The first-order chi connectivity index (χ1) is 13.4. The summed E-state index contributed by atoms with van der Waals surface area (Å²) in [6, 6.07) is 14.1. The van der Waals surface area contributed by atoms with Crippen molar-refractivity contribution in [1.29, 1.82) is 0 Å². The fourth-order valence-corrected chi connectivity index (χ4v) is 2.51. The molecule has 1 atom stereocenters. The summed E-state index contributed by atoms with van der Waals surface area (Å²) in [7, 11) is 0. The van der Waals surface area contributed by atoms with Crippen molar-refractivity contribution in [3.05, 3.63) is 66.0 Å². The van der Waals surface area contributed by atoms with E-state index < -0.39 is 18.0 Å². The highest BCUT2D eigenvalue weighted by molar-refractivity contribution is 5.97. The molecule has 0 fully saturated rings. The first kappa shape index (κ1) is 19.2. The van der Waals surface area contributed by atoms with Crippen molar-refractivity contribution < 1.29 is 14.3 Å². The van der Waals surface area contributed by atoms with Crippen molar-refractivity contribution in [1.82, 2.24) is 20.2 Å². The van der Waals surface area contributed by atoms with Crippen LogP contribution in [0.1, 0.15) is 42.6 Å². The van der Waals surface area contributed by atoms with Gasteiger partial charge in [0.25, 0.3) is 5.91 Å². The van der Waals surface area contributed by atoms with Crippen molar-refractivity contribution >= 4 is 17.6 Å². The van der Waals surface area contributed by atoms with Gasteiger partial charge in [-0.1, -0.05) is 26.0 Å². The lowest BCUT2D eigenvalue weighted by Gasteiger charge is -2.14. The number of hydrogen-bond donors (Lipinski definition) is 1. The molecule has 0 unspecified atom stereocenters. The Balaban J connectivity index is 1.57. The van der Waals surface area contributed by atoms with Crippen LogP contribution in [0.4, 0.5) is 5.69 Å². The molecule has 0 aliphatic rings. The van der Waals surface area contributed by atoms with Gasteiger partial charge in [0.1, 0.15) is 6.33 Å². The van der Waals surface area contributed by atoms with Crippen LogP contribution < -0.4 is 5.32 Å². The number of ether oxygens (including phenoxy) is 1. The third-order valence-electron chi connectivity index (χ3n) is 4.21. The molecule has 144 valence electrons. The number of tetrazole rings is 1. The topological polar surface area (TPSA) is 99.0 Å². The maximum absolute atomic E-state index is 12.3. The van der Waals surface area contributed by atoms with Crippen LogP contribution in [0.5, 0.6) is 0 Å². The van der Waals surface area contributed by atoms with Crippen molar-refractivity contribution in [3.8, 4) is 5.69 Å². The van der Waals surface area contributed by atoms with Crippen LogP contribution in [-0.4, -0.2) is 38.2 Å². The van der Waals surface area contributed by atoms with E-state index in [-0.39, 0.29) is 0 Å². The molecule has 1 amide bonds. The maximum atomic E-state index is 12.3. The largest absolute Gasteiger partial charge is 0.449 e. The van der Waals surface area contributed by atoms with Crippen LogP contribution in [0, 0.1) is 0 Å². The number of carbonyl (C=O) groups excluding carboxylic acids is 2. The first-order valence-corrected chi connectivity index (χ1v) is 8.89. The second-order valence-electron chi connectivity index (χ2n) is 6.61. The molecule has 0 bridgehead atoms. The molecule has 1 N–H and O–H groups in total. The SMILES string of the molecule is CC(C)c1ccc(NC(=O)[C@H](C)OC(=O)c2ccc(-n3cnnn3)cc2)cc1. The second-order valence-corrected chi connectivity index (χ2v) is 6.61. The smallest absolute Gasteiger partial charge is 0.338 e. The molecule has 0 radical (unpaired) electrons. The van der Waals surface area contributed by atoms with Crippen LogP contribution in [0.3, 0.4) is 0 Å². The molecule has 0 spiro atoms. The summed E-state index contributed by atoms with van der Waals surface area (Å²) in [5.41, 5.74) is 2.88. The van der Waals surface area contributed by atoms with E-state index in [1.54, 1.807) is 24.3 Å². The summed E-state index contributed by atoms with van der Waals surface area (Å²) >= 11 is 0. The van der Waals surface area contributed by atoms with E-state index in [0.717, 1.165) is 0 Å². The van der Waals surface area contributed by atoms with Crippen LogP contribution in [0.25, 0.3) is 5.69 Å². The quantitative estimate of drug-likeness (QED) is 0.661. The predicted molar refractivity (Wildman–Crippen MR) is 103 cm³/mol. The molecule has 28 heavy (non-hydrogen) atoms. The maximum Gasteiger partial charge on any atom is 0.338 e. The molecule has 0 saturated heterocycles. The zero-order valence-corrected chi connectivity index (χ0v) is 15.9. The molecular formula is C20H21N5O3. The van der Waals surface area contributed by atoms with Gasteiger partial charge in [-0.3, -0.25) is 4.79 Å². The summed E-state index contributed by atoms with van der Waals surface area (Å²) < 4.78 is 6.73. The Hall–Kier alpha value is -3.55. The number of benzene rings is 2. The molecule has 1 heterocycles. The van der Waals surface area contributed by atoms with Crippen LogP contribution >= 0.6 is 0 Å². The van der Waals surface area contributed by atoms with E-state index in [1.807, 2.05) is 24.3 Å². The molecule has 3 aromatic rings. The molecule has 0 saturated carbocycles. The number of esters is 1. The monoisotopic (exact) mass is 379 g/mol. The number of nitrogens with zero attached hydrogens (tertiary/aromatic N) is 4. The van der Waals surface area contributed by atoms with Gasteiger partial charge in [-0.15, -0.1) is 5.10 Å². The van der Waals surface area contributed by atoms with E-state index in [9.17, 15) is 9.59 Å². The highest BCUT2D eigenvalue weighted by atomic mass is 16.5. The van der Waals surface area contributed by atoms with Gasteiger partial charge in [0.2, 0.25) is 0 Å². The summed E-state index contributed by atoms with van der Waals surface area (Å²) in [6.45, 7) is 5.74. The van der Waals surface area contributed by atoms with Crippen LogP contribution in [-0.2, 0) is 9.53 Å². The lowest BCUT2D eigenvalue weighted by atomic mass is 10.0. The second kappa shape index (κ2) is 8.43. The molecule has 0 aliphatic carbocycles. The predicted octanol–water partition coefficient (Wildman–Crippen LogP) is 2.97. The number of hydrogen-bond acceptors (Lipinski definition) is 6. The molecule has 8 nitrogen and oxygen atoms in total. The molecule has 0 aliphatic heterocycles. The van der Waals surface area contributed by atoms with Crippen LogP contribution in [0.2, 0.25) is 0 Å². The minimum atomic E-state index is -0.934. The van der Waals surface area contributed by atoms with Gasteiger partial charge in [-0.05, 0) is 65.2 Å². The minimum absolute atomic E-state index is 0.331. The number of aromatic nitrogens is 4. The van der Waals surface area contributed by atoms with E-state index in [2.05, 4.69) is 34.7 Å². The van der Waals surface area contributed by atoms with E-state index in [1.165, 1.54) is 23.5 Å². The Morgan fingerprint density at radius 2 is 1.68 bits per heavy atom. The van der Waals surface area contributed by atoms with Gasteiger partial charge in [0.05, 0.1) is 11.3 Å². The Kier molecular flexibility index (Phi) is 5.78.